The number of hydrogen-bond acceptors (Lipinski definition) is 4. The van der Waals surface area contributed by atoms with Crippen LogP contribution in [0.25, 0.3) is 0 Å². The minimum Gasteiger partial charge on any atom is -0.496 e. The van der Waals surface area contributed by atoms with E-state index in [2.05, 4.69) is 4.90 Å². The van der Waals surface area contributed by atoms with Crippen molar-refractivity contribution in [2.24, 2.45) is 0 Å². The zero-order valence-electron chi connectivity index (χ0n) is 15.1. The van der Waals surface area contributed by atoms with Gasteiger partial charge >= 0.3 is 0 Å². The van der Waals surface area contributed by atoms with Gasteiger partial charge in [-0.3, -0.25) is 9.69 Å². The van der Waals surface area contributed by atoms with Crippen LogP contribution >= 0.6 is 11.6 Å². The molecule has 0 spiro atoms. The molecular formula is C20H22ClFN2O3. The summed E-state index contributed by atoms with van der Waals surface area (Å²) in [5, 5.41) is 10.5. The zero-order chi connectivity index (χ0) is 19.4. The van der Waals surface area contributed by atoms with Crippen LogP contribution in [0.1, 0.15) is 22.0 Å². The fourth-order valence-corrected chi connectivity index (χ4v) is 3.50. The second-order valence-electron chi connectivity index (χ2n) is 6.42. The maximum Gasteiger partial charge on any atom is 0.257 e. The van der Waals surface area contributed by atoms with E-state index in [4.69, 9.17) is 16.3 Å². The predicted octanol–water partition coefficient (Wildman–Crippen LogP) is 2.98. The van der Waals surface area contributed by atoms with Crippen LogP contribution in [0.15, 0.2) is 42.5 Å². The lowest BCUT2D eigenvalue weighted by Gasteiger charge is -2.39. The minimum absolute atomic E-state index is 0.0205. The van der Waals surface area contributed by atoms with Gasteiger partial charge in [0.2, 0.25) is 0 Å². The Morgan fingerprint density at radius 3 is 2.44 bits per heavy atom. The smallest absolute Gasteiger partial charge is 0.257 e. The lowest BCUT2D eigenvalue weighted by Crippen LogP contribution is -2.50. The molecule has 1 aliphatic rings. The lowest BCUT2D eigenvalue weighted by molar-refractivity contribution is 0.0475. The highest BCUT2D eigenvalue weighted by Crippen LogP contribution is 2.25. The summed E-state index contributed by atoms with van der Waals surface area (Å²) >= 11 is 5.94. The van der Waals surface area contributed by atoms with E-state index in [0.29, 0.717) is 37.0 Å². The highest BCUT2D eigenvalue weighted by atomic mass is 35.5. The zero-order valence-corrected chi connectivity index (χ0v) is 15.8. The Morgan fingerprint density at radius 2 is 1.85 bits per heavy atom. The van der Waals surface area contributed by atoms with E-state index in [-0.39, 0.29) is 24.1 Å². The van der Waals surface area contributed by atoms with Crippen molar-refractivity contribution >= 4 is 17.5 Å². The van der Waals surface area contributed by atoms with Crippen molar-refractivity contribution < 1.29 is 19.0 Å². The molecule has 1 fully saturated rings. The summed E-state index contributed by atoms with van der Waals surface area (Å²) in [7, 11) is 1.46. The third-order valence-corrected chi connectivity index (χ3v) is 5.11. The first kappa shape index (κ1) is 19.6. The van der Waals surface area contributed by atoms with Gasteiger partial charge in [-0.1, -0.05) is 23.7 Å². The van der Waals surface area contributed by atoms with Crippen molar-refractivity contribution in [2.75, 3.05) is 39.9 Å². The summed E-state index contributed by atoms with van der Waals surface area (Å²) in [5.41, 5.74) is 1.20. The number of rotatable bonds is 5. The quantitative estimate of drug-likeness (QED) is 0.850. The number of aliphatic hydroxyl groups excluding tert-OH is 1. The Hall–Kier alpha value is -2.15. The summed E-state index contributed by atoms with van der Waals surface area (Å²) in [6.07, 6.45) is 0. The fraction of sp³-hybridized carbons (Fsp3) is 0.350. The summed E-state index contributed by atoms with van der Waals surface area (Å²) in [5.74, 6) is -0.364. The monoisotopic (exact) mass is 392 g/mol. The maximum absolute atomic E-state index is 13.6. The van der Waals surface area contributed by atoms with E-state index in [1.807, 2.05) is 12.1 Å². The molecule has 2 aromatic rings. The molecule has 27 heavy (non-hydrogen) atoms. The van der Waals surface area contributed by atoms with Crippen LogP contribution in [0.2, 0.25) is 5.02 Å². The Bertz CT molecular complexity index is 792. The summed E-state index contributed by atoms with van der Waals surface area (Å²) in [6, 6.07) is 11.2. The predicted molar refractivity (Wildman–Crippen MR) is 102 cm³/mol. The van der Waals surface area contributed by atoms with Gasteiger partial charge in [-0.2, -0.15) is 0 Å². The Labute approximate surface area is 162 Å². The third kappa shape index (κ3) is 4.40. The first-order chi connectivity index (χ1) is 13.0. The number of halogens is 2. The van der Waals surface area contributed by atoms with Crippen LogP contribution < -0.4 is 4.74 Å². The lowest BCUT2D eigenvalue weighted by atomic mass is 10.0. The van der Waals surface area contributed by atoms with Crippen molar-refractivity contribution in [3.63, 3.8) is 0 Å². The Morgan fingerprint density at radius 1 is 1.19 bits per heavy atom. The van der Waals surface area contributed by atoms with Crippen LogP contribution in [0.4, 0.5) is 4.39 Å². The van der Waals surface area contributed by atoms with Gasteiger partial charge in [0.05, 0.1) is 25.3 Å². The van der Waals surface area contributed by atoms with Crippen molar-refractivity contribution in [3.8, 4) is 5.75 Å². The van der Waals surface area contributed by atoms with Gasteiger partial charge in [-0.25, -0.2) is 4.39 Å². The Balaban J connectivity index is 1.68. The van der Waals surface area contributed by atoms with Crippen molar-refractivity contribution in [3.05, 3.63) is 64.4 Å². The summed E-state index contributed by atoms with van der Waals surface area (Å²) in [6.45, 7) is 2.17. The molecule has 1 heterocycles. The average Bonchev–Trinajstić information content (AvgIpc) is 2.70. The van der Waals surface area contributed by atoms with E-state index in [1.165, 1.54) is 25.3 Å². The second kappa shape index (κ2) is 8.69. The molecule has 7 heteroatoms. The molecule has 1 amide bonds. The number of hydrogen-bond donors (Lipinski definition) is 1. The number of piperazine rings is 1. The van der Waals surface area contributed by atoms with Crippen molar-refractivity contribution in [2.45, 2.75) is 6.04 Å². The van der Waals surface area contributed by atoms with E-state index < -0.39 is 5.82 Å². The molecule has 1 N–H and O–H groups in total. The molecular weight excluding hydrogens is 371 g/mol. The molecule has 1 saturated heterocycles. The SMILES string of the molecule is COc1ccc(F)cc1C(=O)N1CCN(C(CO)c2ccc(Cl)cc2)CC1. The molecule has 0 aliphatic carbocycles. The molecule has 1 aliphatic heterocycles. The first-order valence-corrected chi connectivity index (χ1v) is 9.14. The van der Waals surface area contributed by atoms with Crippen LogP contribution in [0, 0.1) is 5.82 Å². The number of ether oxygens (including phenoxy) is 1. The van der Waals surface area contributed by atoms with Crippen LogP contribution in [0.5, 0.6) is 5.75 Å². The molecule has 0 radical (unpaired) electrons. The standard InChI is InChI=1S/C20H22ClFN2O3/c1-27-19-7-6-16(22)12-17(19)20(26)24-10-8-23(9-11-24)18(13-25)14-2-4-15(21)5-3-14/h2-7,12,18,25H,8-11,13H2,1H3. The third-order valence-electron chi connectivity index (χ3n) is 4.86. The normalized spacial score (nSPS) is 16.2. The van der Waals surface area contributed by atoms with E-state index in [1.54, 1.807) is 17.0 Å². The second-order valence-corrected chi connectivity index (χ2v) is 6.86. The topological polar surface area (TPSA) is 53.0 Å². The van der Waals surface area contributed by atoms with Gasteiger partial charge in [-0.15, -0.1) is 0 Å². The Kier molecular flexibility index (Phi) is 6.31. The molecule has 5 nitrogen and oxygen atoms in total. The number of nitrogens with zero attached hydrogens (tertiary/aromatic N) is 2. The fourth-order valence-electron chi connectivity index (χ4n) is 3.37. The summed E-state index contributed by atoms with van der Waals surface area (Å²) < 4.78 is 18.8. The van der Waals surface area contributed by atoms with Gasteiger partial charge in [0.1, 0.15) is 11.6 Å². The van der Waals surface area contributed by atoms with Gasteiger partial charge < -0.3 is 14.7 Å². The van der Waals surface area contributed by atoms with E-state index >= 15 is 0 Å². The molecule has 2 aromatic carbocycles. The van der Waals surface area contributed by atoms with E-state index in [9.17, 15) is 14.3 Å². The van der Waals surface area contributed by atoms with Gasteiger partial charge in [0, 0.05) is 31.2 Å². The first-order valence-electron chi connectivity index (χ1n) is 8.76. The van der Waals surface area contributed by atoms with Crippen molar-refractivity contribution in [1.82, 2.24) is 9.80 Å². The van der Waals surface area contributed by atoms with Crippen LogP contribution in [-0.4, -0.2) is 60.7 Å². The average molecular weight is 393 g/mol. The number of amides is 1. The minimum atomic E-state index is -0.471. The molecule has 1 atom stereocenters. The van der Waals surface area contributed by atoms with Crippen LogP contribution in [0.3, 0.4) is 0 Å². The maximum atomic E-state index is 13.6. The van der Waals surface area contributed by atoms with E-state index in [0.717, 1.165) is 5.56 Å². The number of benzene rings is 2. The number of methoxy groups -OCH3 is 1. The van der Waals surface area contributed by atoms with Crippen LogP contribution in [-0.2, 0) is 0 Å². The molecule has 0 aromatic heterocycles. The summed E-state index contributed by atoms with van der Waals surface area (Å²) in [4.78, 5) is 16.6. The van der Waals surface area contributed by atoms with Gasteiger partial charge in [0.15, 0.2) is 0 Å². The molecule has 0 bridgehead atoms. The molecule has 3 rings (SSSR count). The molecule has 0 saturated carbocycles. The highest BCUT2D eigenvalue weighted by molar-refractivity contribution is 6.30. The largest absolute Gasteiger partial charge is 0.496 e. The number of carbonyl (C=O) groups is 1. The number of aliphatic hydroxyl groups is 1. The van der Waals surface area contributed by atoms with Gasteiger partial charge in [-0.05, 0) is 35.9 Å². The van der Waals surface area contributed by atoms with Gasteiger partial charge in [0.25, 0.3) is 5.91 Å². The van der Waals surface area contributed by atoms with Crippen molar-refractivity contribution in [1.29, 1.82) is 0 Å². The molecule has 144 valence electrons. The number of carbonyl (C=O) groups excluding carboxylic acids is 1. The molecule has 1 unspecified atom stereocenters. The highest BCUT2D eigenvalue weighted by Gasteiger charge is 2.28.